The molecular weight excluding hydrogens is 465 g/mol. The lowest BCUT2D eigenvalue weighted by Crippen LogP contribution is -2.39. The number of halogens is 3. The average Bonchev–Trinajstić information content (AvgIpc) is 3.09. The Hall–Kier alpha value is -1.78. The molecule has 0 saturated heterocycles. The summed E-state index contributed by atoms with van der Waals surface area (Å²) < 4.78 is 28.4. The first-order valence-corrected chi connectivity index (χ1v) is 8.88. The molecular formula is C18H27F2IN6. The van der Waals surface area contributed by atoms with Gasteiger partial charge in [-0.1, -0.05) is 19.9 Å². The van der Waals surface area contributed by atoms with Gasteiger partial charge in [-0.05, 0) is 24.6 Å². The molecule has 1 unspecified atom stereocenters. The quantitative estimate of drug-likeness (QED) is 0.338. The monoisotopic (exact) mass is 492 g/mol. The summed E-state index contributed by atoms with van der Waals surface area (Å²) in [6.45, 7) is 8.58. The Morgan fingerprint density at radius 1 is 1.22 bits per heavy atom. The maximum Gasteiger partial charge on any atom is 0.191 e. The summed E-state index contributed by atoms with van der Waals surface area (Å²) >= 11 is 0. The maximum absolute atomic E-state index is 13.4. The highest BCUT2D eigenvalue weighted by Gasteiger charge is 2.09. The highest BCUT2D eigenvalue weighted by Crippen LogP contribution is 2.18. The van der Waals surface area contributed by atoms with Gasteiger partial charge in [0.1, 0.15) is 12.2 Å². The van der Waals surface area contributed by atoms with E-state index in [9.17, 15) is 8.78 Å². The van der Waals surface area contributed by atoms with Crippen LogP contribution in [-0.2, 0) is 13.0 Å². The zero-order valence-corrected chi connectivity index (χ0v) is 18.2. The van der Waals surface area contributed by atoms with Crippen molar-refractivity contribution in [2.75, 3.05) is 19.6 Å². The zero-order chi connectivity index (χ0) is 18.9. The van der Waals surface area contributed by atoms with E-state index in [0.29, 0.717) is 19.0 Å². The Balaban J connectivity index is 0.00000364. The molecule has 1 heterocycles. The highest BCUT2D eigenvalue weighted by atomic mass is 127. The number of guanidine groups is 1. The molecule has 0 fully saturated rings. The molecule has 2 aromatic rings. The molecule has 0 aliphatic carbocycles. The van der Waals surface area contributed by atoms with Gasteiger partial charge in [-0.3, -0.25) is 4.99 Å². The molecule has 0 radical (unpaired) electrons. The average molecular weight is 492 g/mol. The molecule has 0 aliphatic rings. The highest BCUT2D eigenvalue weighted by molar-refractivity contribution is 14.0. The van der Waals surface area contributed by atoms with Crippen LogP contribution in [0.15, 0.2) is 29.5 Å². The van der Waals surface area contributed by atoms with Gasteiger partial charge < -0.3 is 15.2 Å². The second kappa shape index (κ2) is 11.8. The van der Waals surface area contributed by atoms with E-state index in [1.165, 1.54) is 6.07 Å². The summed E-state index contributed by atoms with van der Waals surface area (Å²) in [6, 6.07) is 3.98. The van der Waals surface area contributed by atoms with E-state index < -0.39 is 11.6 Å². The first kappa shape index (κ1) is 23.3. The smallest absolute Gasteiger partial charge is 0.191 e. The molecule has 1 aromatic heterocycles. The maximum atomic E-state index is 13.4. The Bertz CT molecular complexity index is 734. The molecule has 150 valence electrons. The predicted octanol–water partition coefficient (Wildman–Crippen LogP) is 3.10. The molecule has 27 heavy (non-hydrogen) atoms. The van der Waals surface area contributed by atoms with E-state index in [2.05, 4.69) is 25.8 Å². The van der Waals surface area contributed by atoms with Crippen LogP contribution in [0.25, 0.3) is 0 Å². The number of aliphatic imine (C=N–C) groups is 1. The fourth-order valence-electron chi connectivity index (χ4n) is 2.53. The molecule has 6 nitrogen and oxygen atoms in total. The van der Waals surface area contributed by atoms with Crippen LogP contribution in [0, 0.1) is 11.6 Å². The number of hydrogen-bond donors (Lipinski definition) is 2. The molecule has 1 atom stereocenters. The standard InChI is InChI=1S/C18H26F2N6.HI/c1-4-17-25-24-12-26(17)9-8-22-18(21-5-2)23-11-13(3)14-6-7-15(19)16(20)10-14;/h6-7,10,12-13H,4-5,8-9,11H2,1-3H3,(H2,21,22,23);1H. The van der Waals surface area contributed by atoms with E-state index in [-0.39, 0.29) is 29.9 Å². The van der Waals surface area contributed by atoms with Gasteiger partial charge >= 0.3 is 0 Å². The second-order valence-corrected chi connectivity index (χ2v) is 6.02. The van der Waals surface area contributed by atoms with Gasteiger partial charge in [0.2, 0.25) is 0 Å². The van der Waals surface area contributed by atoms with Crippen molar-refractivity contribution in [1.82, 2.24) is 25.4 Å². The number of nitrogens with one attached hydrogen (secondary N) is 2. The first-order valence-electron chi connectivity index (χ1n) is 8.88. The van der Waals surface area contributed by atoms with Crippen molar-refractivity contribution in [2.24, 2.45) is 4.99 Å². The molecule has 0 spiro atoms. The summed E-state index contributed by atoms with van der Waals surface area (Å²) in [7, 11) is 0. The third-order valence-corrected chi connectivity index (χ3v) is 4.04. The van der Waals surface area contributed by atoms with Crippen molar-refractivity contribution in [3.05, 3.63) is 47.5 Å². The van der Waals surface area contributed by atoms with Crippen LogP contribution in [0.2, 0.25) is 0 Å². The molecule has 0 aliphatic heterocycles. The van der Waals surface area contributed by atoms with E-state index in [1.54, 1.807) is 12.4 Å². The Kier molecular flexibility index (Phi) is 10.2. The molecule has 9 heteroatoms. The van der Waals surface area contributed by atoms with Gasteiger partial charge in [0, 0.05) is 38.5 Å². The van der Waals surface area contributed by atoms with Crippen LogP contribution >= 0.6 is 24.0 Å². The Morgan fingerprint density at radius 2 is 2.00 bits per heavy atom. The third-order valence-electron chi connectivity index (χ3n) is 4.04. The number of aromatic nitrogens is 3. The van der Waals surface area contributed by atoms with Gasteiger partial charge in [0.05, 0.1) is 0 Å². The largest absolute Gasteiger partial charge is 0.357 e. The van der Waals surface area contributed by atoms with Crippen LogP contribution in [-0.4, -0.2) is 40.4 Å². The van der Waals surface area contributed by atoms with Gasteiger partial charge in [-0.2, -0.15) is 0 Å². The van der Waals surface area contributed by atoms with Crippen molar-refractivity contribution >= 4 is 29.9 Å². The van der Waals surface area contributed by atoms with Crippen molar-refractivity contribution in [3.8, 4) is 0 Å². The van der Waals surface area contributed by atoms with Crippen molar-refractivity contribution in [1.29, 1.82) is 0 Å². The molecule has 0 amide bonds. The summed E-state index contributed by atoms with van der Waals surface area (Å²) in [4.78, 5) is 4.54. The summed E-state index contributed by atoms with van der Waals surface area (Å²) in [5.74, 6) is -0.0530. The number of benzene rings is 1. The Labute approximate surface area is 175 Å². The molecule has 0 bridgehead atoms. The minimum atomic E-state index is -0.833. The lowest BCUT2D eigenvalue weighted by atomic mass is 10.0. The number of rotatable bonds is 8. The van der Waals surface area contributed by atoms with Crippen molar-refractivity contribution < 1.29 is 8.78 Å². The Morgan fingerprint density at radius 3 is 2.67 bits per heavy atom. The SMILES string of the molecule is CCNC(=NCC(C)c1ccc(F)c(F)c1)NCCn1cnnc1CC.I. The van der Waals surface area contributed by atoms with Crippen LogP contribution in [0.4, 0.5) is 8.78 Å². The van der Waals surface area contributed by atoms with E-state index in [4.69, 9.17) is 0 Å². The molecule has 2 rings (SSSR count). The number of hydrogen-bond acceptors (Lipinski definition) is 3. The topological polar surface area (TPSA) is 67.1 Å². The van der Waals surface area contributed by atoms with Gasteiger partial charge in [0.15, 0.2) is 17.6 Å². The number of aryl methyl sites for hydroxylation is 1. The third kappa shape index (κ3) is 7.04. The summed E-state index contributed by atoms with van der Waals surface area (Å²) in [5, 5.41) is 14.4. The van der Waals surface area contributed by atoms with Crippen LogP contribution in [0.1, 0.15) is 38.1 Å². The van der Waals surface area contributed by atoms with E-state index in [1.807, 2.05) is 25.3 Å². The number of nitrogens with zero attached hydrogens (tertiary/aromatic N) is 4. The lowest BCUT2D eigenvalue weighted by Gasteiger charge is -2.14. The van der Waals surface area contributed by atoms with Crippen molar-refractivity contribution in [2.45, 2.75) is 39.7 Å². The molecule has 0 saturated carbocycles. The first-order chi connectivity index (χ1) is 12.5. The predicted molar refractivity (Wildman–Crippen MR) is 114 cm³/mol. The minimum Gasteiger partial charge on any atom is -0.357 e. The minimum absolute atomic E-state index is 0. The van der Waals surface area contributed by atoms with Crippen molar-refractivity contribution in [3.63, 3.8) is 0 Å². The lowest BCUT2D eigenvalue weighted by molar-refractivity contribution is 0.505. The fourth-order valence-corrected chi connectivity index (χ4v) is 2.53. The van der Waals surface area contributed by atoms with Crippen LogP contribution in [0.5, 0.6) is 0 Å². The normalized spacial score (nSPS) is 12.4. The van der Waals surface area contributed by atoms with E-state index in [0.717, 1.165) is 37.0 Å². The van der Waals surface area contributed by atoms with Gasteiger partial charge in [-0.15, -0.1) is 34.2 Å². The van der Waals surface area contributed by atoms with Gasteiger partial charge in [-0.25, -0.2) is 8.78 Å². The summed E-state index contributed by atoms with van der Waals surface area (Å²) in [6.07, 6.45) is 2.55. The second-order valence-electron chi connectivity index (χ2n) is 6.02. The van der Waals surface area contributed by atoms with Crippen LogP contribution < -0.4 is 10.6 Å². The zero-order valence-electron chi connectivity index (χ0n) is 15.9. The van der Waals surface area contributed by atoms with Crippen LogP contribution in [0.3, 0.4) is 0 Å². The van der Waals surface area contributed by atoms with E-state index >= 15 is 0 Å². The van der Waals surface area contributed by atoms with Gasteiger partial charge in [0.25, 0.3) is 0 Å². The fraction of sp³-hybridized carbons (Fsp3) is 0.500. The molecule has 1 aromatic carbocycles. The summed E-state index contributed by atoms with van der Waals surface area (Å²) in [5.41, 5.74) is 0.723. The molecule has 2 N–H and O–H groups in total.